The van der Waals surface area contributed by atoms with E-state index in [1.807, 2.05) is 12.1 Å². The normalized spacial score (nSPS) is 10.3. The van der Waals surface area contributed by atoms with Crippen molar-refractivity contribution < 1.29 is 0 Å². The summed E-state index contributed by atoms with van der Waals surface area (Å²) in [6, 6.07) is 8.05. The van der Waals surface area contributed by atoms with Gasteiger partial charge in [-0.1, -0.05) is 6.07 Å². The van der Waals surface area contributed by atoms with Crippen LogP contribution >= 0.6 is 0 Å². The number of hydrogen-bond donors (Lipinski definition) is 3. The number of rotatable bonds is 6. The van der Waals surface area contributed by atoms with Crippen molar-refractivity contribution in [3.63, 3.8) is 0 Å². The molecule has 20 heavy (non-hydrogen) atoms. The highest BCUT2D eigenvalue weighted by Gasteiger charge is 2.01. The molecule has 0 aliphatic carbocycles. The molecule has 1 aromatic carbocycles. The summed E-state index contributed by atoms with van der Waals surface area (Å²) in [6.07, 6.45) is 2.66. The van der Waals surface area contributed by atoms with Crippen LogP contribution in [0.4, 0.5) is 17.5 Å². The smallest absolute Gasteiger partial charge is 0.229 e. The van der Waals surface area contributed by atoms with Crippen LogP contribution in [0, 0.1) is 13.8 Å². The first-order chi connectivity index (χ1) is 9.69. The lowest BCUT2D eigenvalue weighted by atomic mass is 10.1. The molecule has 0 aliphatic heterocycles. The Morgan fingerprint density at radius 3 is 2.75 bits per heavy atom. The van der Waals surface area contributed by atoms with Crippen molar-refractivity contribution in [3.05, 3.63) is 41.6 Å². The Morgan fingerprint density at radius 1 is 1.15 bits per heavy atom. The zero-order valence-electron chi connectivity index (χ0n) is 12.0. The molecule has 106 valence electrons. The summed E-state index contributed by atoms with van der Waals surface area (Å²) in [4.78, 5) is 8.65. The van der Waals surface area contributed by atoms with Gasteiger partial charge in [-0.15, -0.1) is 0 Å². The summed E-state index contributed by atoms with van der Waals surface area (Å²) in [6.45, 7) is 5.67. The molecule has 0 saturated carbocycles. The Hall–Kier alpha value is -2.14. The van der Waals surface area contributed by atoms with Crippen molar-refractivity contribution in [2.45, 2.75) is 20.3 Å². The lowest BCUT2D eigenvalue weighted by Gasteiger charge is -2.09. The van der Waals surface area contributed by atoms with E-state index < -0.39 is 0 Å². The zero-order valence-corrected chi connectivity index (χ0v) is 12.0. The maximum absolute atomic E-state index is 5.47. The fraction of sp³-hybridized carbons (Fsp3) is 0.333. The molecule has 4 N–H and O–H groups in total. The maximum atomic E-state index is 5.47. The van der Waals surface area contributed by atoms with Crippen LogP contribution < -0.4 is 16.4 Å². The first-order valence-corrected chi connectivity index (χ1v) is 6.80. The first-order valence-electron chi connectivity index (χ1n) is 6.80. The molecule has 0 unspecified atom stereocenters. The highest BCUT2D eigenvalue weighted by atomic mass is 15.1. The lowest BCUT2D eigenvalue weighted by molar-refractivity contribution is 0.869. The Kier molecular flexibility index (Phi) is 4.90. The first kappa shape index (κ1) is 14.3. The second kappa shape index (κ2) is 6.86. The molecular weight excluding hydrogens is 250 g/mol. The Bertz CT molecular complexity index is 568. The van der Waals surface area contributed by atoms with Gasteiger partial charge in [-0.05, 0) is 56.1 Å². The van der Waals surface area contributed by atoms with Gasteiger partial charge >= 0.3 is 0 Å². The largest absolute Gasteiger partial charge is 0.370 e. The molecule has 1 heterocycles. The molecule has 2 aromatic rings. The standard InChI is InChI=1S/C15H21N5/c1-11-4-5-13(10-12(11)2)19-15-18-9-6-14(20-15)17-8-3-7-16/h4-6,9-10H,3,7-8,16H2,1-2H3,(H2,17,18,19,20). The Morgan fingerprint density at radius 2 is 2.00 bits per heavy atom. The topological polar surface area (TPSA) is 75.9 Å². The van der Waals surface area contributed by atoms with E-state index in [9.17, 15) is 0 Å². The molecule has 1 aromatic heterocycles. The Balaban J connectivity index is 2.05. The summed E-state index contributed by atoms with van der Waals surface area (Å²) in [5, 5.41) is 6.44. The second-order valence-corrected chi connectivity index (χ2v) is 4.76. The number of aryl methyl sites for hydroxylation is 2. The predicted octanol–water partition coefficient (Wildman–Crippen LogP) is 2.60. The molecule has 0 radical (unpaired) electrons. The van der Waals surface area contributed by atoms with Gasteiger partial charge in [-0.3, -0.25) is 0 Å². The van der Waals surface area contributed by atoms with E-state index in [1.165, 1.54) is 11.1 Å². The number of nitrogens with zero attached hydrogens (tertiary/aromatic N) is 2. The number of anilines is 3. The minimum Gasteiger partial charge on any atom is -0.370 e. The van der Waals surface area contributed by atoms with Crippen LogP contribution in [-0.2, 0) is 0 Å². The SMILES string of the molecule is Cc1ccc(Nc2nccc(NCCCN)n2)cc1C. The number of aromatic nitrogens is 2. The summed E-state index contributed by atoms with van der Waals surface area (Å²) >= 11 is 0. The minimum atomic E-state index is 0.589. The monoisotopic (exact) mass is 271 g/mol. The average Bonchev–Trinajstić information content (AvgIpc) is 2.44. The maximum Gasteiger partial charge on any atom is 0.229 e. The fourth-order valence-electron chi connectivity index (χ4n) is 1.78. The van der Waals surface area contributed by atoms with Gasteiger partial charge in [0.25, 0.3) is 0 Å². The quantitative estimate of drug-likeness (QED) is 0.704. The number of hydrogen-bond acceptors (Lipinski definition) is 5. The molecule has 0 fully saturated rings. The molecule has 0 aliphatic rings. The van der Waals surface area contributed by atoms with Crippen molar-refractivity contribution in [3.8, 4) is 0 Å². The van der Waals surface area contributed by atoms with Gasteiger partial charge in [0.1, 0.15) is 5.82 Å². The van der Waals surface area contributed by atoms with E-state index in [4.69, 9.17) is 5.73 Å². The third-order valence-corrected chi connectivity index (χ3v) is 3.11. The van der Waals surface area contributed by atoms with E-state index in [0.29, 0.717) is 12.5 Å². The predicted molar refractivity (Wildman–Crippen MR) is 83.4 cm³/mol. The van der Waals surface area contributed by atoms with Crippen molar-refractivity contribution >= 4 is 17.5 Å². The summed E-state index contributed by atoms with van der Waals surface area (Å²) in [7, 11) is 0. The van der Waals surface area contributed by atoms with Crippen molar-refractivity contribution in [1.82, 2.24) is 9.97 Å². The van der Waals surface area contributed by atoms with Crippen LogP contribution in [0.3, 0.4) is 0 Å². The molecule has 0 spiro atoms. The Labute approximate surface area is 119 Å². The molecule has 5 heteroatoms. The van der Waals surface area contributed by atoms with Gasteiger partial charge in [0.05, 0.1) is 0 Å². The van der Waals surface area contributed by atoms with Gasteiger partial charge in [0, 0.05) is 18.4 Å². The van der Waals surface area contributed by atoms with E-state index in [-0.39, 0.29) is 0 Å². The van der Waals surface area contributed by atoms with Crippen LogP contribution in [-0.4, -0.2) is 23.1 Å². The van der Waals surface area contributed by atoms with Crippen LogP contribution in [0.15, 0.2) is 30.5 Å². The molecule has 0 saturated heterocycles. The fourth-order valence-corrected chi connectivity index (χ4v) is 1.78. The number of nitrogens with one attached hydrogen (secondary N) is 2. The highest BCUT2D eigenvalue weighted by molar-refractivity contribution is 5.56. The van der Waals surface area contributed by atoms with Gasteiger partial charge < -0.3 is 16.4 Å². The molecule has 2 rings (SSSR count). The van der Waals surface area contributed by atoms with Crippen LogP contribution in [0.2, 0.25) is 0 Å². The summed E-state index contributed by atoms with van der Waals surface area (Å²) < 4.78 is 0. The summed E-state index contributed by atoms with van der Waals surface area (Å²) in [5.41, 5.74) is 8.97. The third-order valence-electron chi connectivity index (χ3n) is 3.11. The highest BCUT2D eigenvalue weighted by Crippen LogP contribution is 2.17. The van der Waals surface area contributed by atoms with E-state index in [1.54, 1.807) is 6.20 Å². The molecule has 0 atom stereocenters. The van der Waals surface area contributed by atoms with Crippen molar-refractivity contribution in [2.24, 2.45) is 5.73 Å². The molecule has 0 bridgehead atoms. The van der Waals surface area contributed by atoms with Crippen LogP contribution in [0.1, 0.15) is 17.5 Å². The van der Waals surface area contributed by atoms with E-state index in [0.717, 1.165) is 24.5 Å². The average molecular weight is 271 g/mol. The zero-order chi connectivity index (χ0) is 14.4. The van der Waals surface area contributed by atoms with Crippen molar-refractivity contribution in [1.29, 1.82) is 0 Å². The van der Waals surface area contributed by atoms with Gasteiger partial charge in [-0.25, -0.2) is 4.98 Å². The second-order valence-electron chi connectivity index (χ2n) is 4.76. The van der Waals surface area contributed by atoms with Crippen LogP contribution in [0.25, 0.3) is 0 Å². The third kappa shape index (κ3) is 3.93. The molecule has 0 amide bonds. The molecular formula is C15H21N5. The number of nitrogens with two attached hydrogens (primary N) is 1. The van der Waals surface area contributed by atoms with Crippen molar-refractivity contribution in [2.75, 3.05) is 23.7 Å². The number of benzene rings is 1. The minimum absolute atomic E-state index is 0.589. The van der Waals surface area contributed by atoms with Crippen LogP contribution in [0.5, 0.6) is 0 Å². The van der Waals surface area contributed by atoms with Gasteiger partial charge in [0.2, 0.25) is 5.95 Å². The lowest BCUT2D eigenvalue weighted by Crippen LogP contribution is -2.10. The van der Waals surface area contributed by atoms with E-state index in [2.05, 4.69) is 46.6 Å². The van der Waals surface area contributed by atoms with Gasteiger partial charge in [-0.2, -0.15) is 4.98 Å². The van der Waals surface area contributed by atoms with E-state index >= 15 is 0 Å². The van der Waals surface area contributed by atoms with Gasteiger partial charge in [0.15, 0.2) is 0 Å². The summed E-state index contributed by atoms with van der Waals surface area (Å²) in [5.74, 6) is 1.39. The molecule has 5 nitrogen and oxygen atoms in total.